The predicted octanol–water partition coefficient (Wildman–Crippen LogP) is 4.94. The number of carbonyl (C=O) groups is 1. The summed E-state index contributed by atoms with van der Waals surface area (Å²) >= 11 is 1.33. The maximum atomic E-state index is 12.3. The largest absolute Gasteiger partial charge is 0.287 e. The molecule has 0 unspecified atom stereocenters. The number of allylic oxidation sites excluding steroid dienone is 1. The number of thiophene rings is 1. The third kappa shape index (κ3) is 4.32. The number of ketones is 1. The van der Waals surface area contributed by atoms with Gasteiger partial charge in [-0.25, -0.2) is 0 Å². The summed E-state index contributed by atoms with van der Waals surface area (Å²) < 4.78 is 0. The molecule has 0 atom stereocenters. The quantitative estimate of drug-likeness (QED) is 0.293. The van der Waals surface area contributed by atoms with Gasteiger partial charge in [-0.1, -0.05) is 48.2 Å². The molecule has 0 bridgehead atoms. The van der Waals surface area contributed by atoms with E-state index in [1.165, 1.54) is 11.3 Å². The van der Waals surface area contributed by atoms with Crippen LogP contribution >= 0.6 is 11.3 Å². The average Bonchev–Trinajstić information content (AvgIpc) is 3.20. The van der Waals surface area contributed by atoms with Gasteiger partial charge < -0.3 is 0 Å². The van der Waals surface area contributed by atoms with Crippen molar-refractivity contribution in [1.82, 2.24) is 0 Å². The summed E-state index contributed by atoms with van der Waals surface area (Å²) in [7, 11) is 0. The summed E-state index contributed by atoms with van der Waals surface area (Å²) in [6, 6.07) is 22.8. The van der Waals surface area contributed by atoms with Crippen LogP contribution in [0.1, 0.15) is 26.4 Å². The smallest absolute Gasteiger partial charge is 0.213 e. The molecule has 0 radical (unpaired) electrons. The average molecular weight is 339 g/mol. The Morgan fingerprint density at radius 2 is 1.56 bits per heavy atom. The van der Waals surface area contributed by atoms with Crippen molar-refractivity contribution in [2.45, 2.75) is 0 Å². The zero-order chi connectivity index (χ0) is 17.5. The van der Waals surface area contributed by atoms with Crippen LogP contribution in [0.3, 0.4) is 0 Å². The third-order valence-electron chi connectivity index (χ3n) is 3.46. The van der Waals surface area contributed by atoms with E-state index in [1.54, 1.807) is 18.2 Å². The van der Waals surface area contributed by atoms with Gasteiger partial charge in [0.15, 0.2) is 0 Å². The summed E-state index contributed by atoms with van der Waals surface area (Å²) in [5.41, 5.74) is 2.76. The Balaban J connectivity index is 1.79. The van der Waals surface area contributed by atoms with E-state index >= 15 is 0 Å². The zero-order valence-corrected chi connectivity index (χ0v) is 14.1. The van der Waals surface area contributed by atoms with E-state index in [0.29, 0.717) is 4.88 Å². The van der Waals surface area contributed by atoms with Crippen LogP contribution in [-0.2, 0) is 0 Å². The fourth-order valence-corrected chi connectivity index (χ4v) is 2.86. The van der Waals surface area contributed by atoms with Gasteiger partial charge in [0.2, 0.25) is 5.78 Å². The number of hydrogen-bond donors (Lipinski definition) is 0. The monoisotopic (exact) mass is 339 g/mol. The summed E-state index contributed by atoms with van der Waals surface area (Å²) in [5, 5.41) is 11.1. The Bertz CT molecular complexity index is 996. The maximum absolute atomic E-state index is 12.3. The lowest BCUT2D eigenvalue weighted by Crippen LogP contribution is -1.98. The number of hydrogen-bond acceptors (Lipinski definition) is 3. The Labute approximate surface area is 150 Å². The molecule has 3 heteroatoms. The standard InChI is InChI=1S/C22H13NOS/c23-16-20(22(24)21-7-4-14-25-21)15-19-12-10-18(11-13-19)9-8-17-5-2-1-3-6-17/h1-7,10-15H/b20-15+. The van der Waals surface area contributed by atoms with E-state index in [4.69, 9.17) is 0 Å². The molecule has 0 fully saturated rings. The molecule has 25 heavy (non-hydrogen) atoms. The second kappa shape index (κ2) is 7.93. The minimum absolute atomic E-state index is 0.130. The number of nitriles is 1. The highest BCUT2D eigenvalue weighted by atomic mass is 32.1. The molecule has 0 saturated heterocycles. The van der Waals surface area contributed by atoms with Crippen molar-refractivity contribution in [3.05, 3.63) is 99.3 Å². The van der Waals surface area contributed by atoms with Crippen molar-refractivity contribution in [3.8, 4) is 17.9 Å². The lowest BCUT2D eigenvalue weighted by atomic mass is 10.1. The first-order chi connectivity index (χ1) is 12.3. The SMILES string of the molecule is N#C/C(=C\c1ccc(C#Cc2ccccc2)cc1)C(=O)c1cccs1. The maximum Gasteiger partial charge on any atom is 0.213 e. The van der Waals surface area contributed by atoms with Gasteiger partial charge in [-0.2, -0.15) is 5.26 Å². The molecule has 2 nitrogen and oxygen atoms in total. The molecule has 0 aliphatic heterocycles. The summed E-state index contributed by atoms with van der Waals surface area (Å²) in [4.78, 5) is 12.8. The van der Waals surface area contributed by atoms with Crippen LogP contribution < -0.4 is 0 Å². The van der Waals surface area contributed by atoms with E-state index in [9.17, 15) is 10.1 Å². The van der Waals surface area contributed by atoms with E-state index in [1.807, 2.05) is 66.0 Å². The molecule has 2 aromatic carbocycles. The summed E-state index contributed by atoms with van der Waals surface area (Å²) in [6.45, 7) is 0. The summed E-state index contributed by atoms with van der Waals surface area (Å²) in [5.74, 6) is 5.95. The summed E-state index contributed by atoms with van der Waals surface area (Å²) in [6.07, 6.45) is 1.61. The van der Waals surface area contributed by atoms with Gasteiger partial charge >= 0.3 is 0 Å². The topological polar surface area (TPSA) is 40.9 Å². The lowest BCUT2D eigenvalue weighted by molar-refractivity contribution is 0.104. The molecule has 3 aromatic rings. The lowest BCUT2D eigenvalue weighted by Gasteiger charge is -1.98. The minimum atomic E-state index is -0.245. The van der Waals surface area contributed by atoms with Crippen LogP contribution in [0.5, 0.6) is 0 Å². The molecule has 0 saturated carbocycles. The van der Waals surface area contributed by atoms with Crippen LogP contribution in [0.25, 0.3) is 6.08 Å². The molecule has 0 spiro atoms. The van der Waals surface area contributed by atoms with Crippen LogP contribution in [0.4, 0.5) is 0 Å². The number of carbonyl (C=O) groups excluding carboxylic acids is 1. The van der Waals surface area contributed by atoms with Gasteiger partial charge in [0, 0.05) is 11.1 Å². The van der Waals surface area contributed by atoms with Gasteiger partial charge in [-0.15, -0.1) is 11.3 Å². The highest BCUT2D eigenvalue weighted by Crippen LogP contribution is 2.17. The van der Waals surface area contributed by atoms with Gasteiger partial charge in [0.25, 0.3) is 0 Å². The molecule has 3 rings (SSSR count). The molecule has 0 aliphatic carbocycles. The second-order valence-corrected chi connectivity index (χ2v) is 6.16. The van der Waals surface area contributed by atoms with Crippen molar-refractivity contribution in [1.29, 1.82) is 5.26 Å². The van der Waals surface area contributed by atoms with Crippen LogP contribution in [0, 0.1) is 23.2 Å². The molecule has 1 aromatic heterocycles. The van der Waals surface area contributed by atoms with Gasteiger partial charge in [-0.05, 0) is 47.4 Å². The third-order valence-corrected chi connectivity index (χ3v) is 4.33. The number of benzene rings is 2. The molecular weight excluding hydrogens is 326 g/mol. The minimum Gasteiger partial charge on any atom is -0.287 e. The van der Waals surface area contributed by atoms with Gasteiger partial charge in [0.05, 0.1) is 4.88 Å². The first-order valence-electron chi connectivity index (χ1n) is 7.63. The van der Waals surface area contributed by atoms with Crippen molar-refractivity contribution in [2.75, 3.05) is 0 Å². The number of Topliss-reactive ketones (excluding diaryl/α,β-unsaturated/α-hetero) is 1. The van der Waals surface area contributed by atoms with Gasteiger partial charge in [-0.3, -0.25) is 4.79 Å². The van der Waals surface area contributed by atoms with E-state index < -0.39 is 0 Å². The van der Waals surface area contributed by atoms with Gasteiger partial charge in [0.1, 0.15) is 11.6 Å². The van der Waals surface area contributed by atoms with Crippen LogP contribution in [0.15, 0.2) is 77.7 Å². The Kier molecular flexibility index (Phi) is 5.22. The van der Waals surface area contributed by atoms with Crippen molar-refractivity contribution in [2.24, 2.45) is 0 Å². The van der Waals surface area contributed by atoms with Crippen molar-refractivity contribution >= 4 is 23.2 Å². The Morgan fingerprint density at radius 3 is 2.16 bits per heavy atom. The number of nitrogens with zero attached hydrogens (tertiary/aromatic N) is 1. The molecular formula is C22H13NOS. The van der Waals surface area contributed by atoms with E-state index in [2.05, 4.69) is 11.8 Å². The second-order valence-electron chi connectivity index (χ2n) is 5.21. The molecule has 1 heterocycles. The predicted molar refractivity (Wildman–Crippen MR) is 101 cm³/mol. The van der Waals surface area contributed by atoms with Crippen molar-refractivity contribution in [3.63, 3.8) is 0 Å². The normalized spacial score (nSPS) is 10.4. The Morgan fingerprint density at radius 1 is 0.880 bits per heavy atom. The Hall–Kier alpha value is -3.40. The van der Waals surface area contributed by atoms with E-state index in [0.717, 1.165) is 16.7 Å². The fraction of sp³-hybridized carbons (Fsp3) is 0. The molecule has 118 valence electrons. The first-order valence-corrected chi connectivity index (χ1v) is 8.51. The molecule has 0 N–H and O–H groups in total. The zero-order valence-electron chi connectivity index (χ0n) is 13.3. The van der Waals surface area contributed by atoms with Crippen molar-refractivity contribution < 1.29 is 4.79 Å². The fourth-order valence-electron chi connectivity index (χ4n) is 2.18. The highest BCUT2D eigenvalue weighted by Gasteiger charge is 2.12. The van der Waals surface area contributed by atoms with E-state index in [-0.39, 0.29) is 11.4 Å². The molecule has 0 aliphatic rings. The highest BCUT2D eigenvalue weighted by molar-refractivity contribution is 7.12. The first kappa shape index (κ1) is 16.5. The molecule has 0 amide bonds. The number of rotatable bonds is 3. The van der Waals surface area contributed by atoms with Crippen LogP contribution in [-0.4, -0.2) is 5.78 Å². The van der Waals surface area contributed by atoms with Crippen LogP contribution in [0.2, 0.25) is 0 Å².